The number of rotatable bonds is 7. The van der Waals surface area contributed by atoms with Crippen LogP contribution in [0.1, 0.15) is 63.0 Å². The third kappa shape index (κ3) is 4.99. The van der Waals surface area contributed by atoms with E-state index in [9.17, 15) is 9.59 Å². The molecule has 0 aliphatic heterocycles. The summed E-state index contributed by atoms with van der Waals surface area (Å²) in [5.74, 6) is -0.186. The summed E-state index contributed by atoms with van der Waals surface area (Å²) >= 11 is 5.99. The molecule has 0 bridgehead atoms. The molecule has 1 aliphatic carbocycles. The average Bonchev–Trinajstić information content (AvgIpc) is 3.23. The van der Waals surface area contributed by atoms with Crippen molar-refractivity contribution in [2.45, 2.75) is 57.3 Å². The Hall–Kier alpha value is -2.33. The van der Waals surface area contributed by atoms with E-state index in [1.54, 1.807) is 12.1 Å². The number of carbonyl (C=O) groups excluding carboxylic acids is 2. The molecule has 154 valence electrons. The minimum atomic E-state index is -0.678. The van der Waals surface area contributed by atoms with Gasteiger partial charge in [0.15, 0.2) is 6.61 Å². The Morgan fingerprint density at radius 3 is 2.28 bits per heavy atom. The van der Waals surface area contributed by atoms with Crippen molar-refractivity contribution >= 4 is 29.2 Å². The van der Waals surface area contributed by atoms with E-state index in [1.165, 1.54) is 5.56 Å². The van der Waals surface area contributed by atoms with Crippen LogP contribution in [0, 0.1) is 0 Å². The Morgan fingerprint density at radius 1 is 1.07 bits per heavy atom. The van der Waals surface area contributed by atoms with Gasteiger partial charge >= 0.3 is 5.97 Å². The average molecular weight is 414 g/mol. The van der Waals surface area contributed by atoms with E-state index in [-0.39, 0.29) is 18.5 Å². The van der Waals surface area contributed by atoms with Crippen LogP contribution in [-0.2, 0) is 19.7 Å². The van der Waals surface area contributed by atoms with Gasteiger partial charge < -0.3 is 10.1 Å². The molecule has 0 aromatic heterocycles. The number of ether oxygens (including phenoxy) is 1. The third-order valence-electron chi connectivity index (χ3n) is 5.95. The fraction of sp³-hybridized carbons (Fsp3) is 0.417. The summed E-state index contributed by atoms with van der Waals surface area (Å²) in [4.78, 5) is 25.2. The number of esters is 1. The summed E-state index contributed by atoms with van der Waals surface area (Å²) in [6.07, 6.45) is 4.45. The van der Waals surface area contributed by atoms with Crippen LogP contribution in [0.2, 0.25) is 5.02 Å². The first-order valence-corrected chi connectivity index (χ1v) is 10.7. The van der Waals surface area contributed by atoms with Crippen LogP contribution in [-0.4, -0.2) is 18.5 Å². The topological polar surface area (TPSA) is 55.4 Å². The molecule has 5 heteroatoms. The van der Waals surface area contributed by atoms with Gasteiger partial charge in [0.2, 0.25) is 0 Å². The standard InChI is InChI=1S/C24H28ClNO3/c1-3-17(2)18-6-12-21(13-7-18)26-22(27)16-29-23(28)24(14-4-5-15-24)19-8-10-20(25)11-9-19/h6-13,17H,3-5,14-16H2,1-2H3,(H,26,27)/t17-/m0/s1. The third-order valence-corrected chi connectivity index (χ3v) is 6.21. The molecule has 0 saturated heterocycles. The van der Waals surface area contributed by atoms with E-state index >= 15 is 0 Å². The normalized spacial score (nSPS) is 16.2. The van der Waals surface area contributed by atoms with Crippen LogP contribution in [0.5, 0.6) is 0 Å². The predicted molar refractivity (Wildman–Crippen MR) is 116 cm³/mol. The SMILES string of the molecule is CC[C@H](C)c1ccc(NC(=O)COC(=O)C2(c3ccc(Cl)cc3)CCCC2)cc1. The molecule has 0 spiro atoms. The van der Waals surface area contributed by atoms with E-state index < -0.39 is 5.41 Å². The maximum absolute atomic E-state index is 12.9. The molecule has 3 rings (SSSR count). The van der Waals surface area contributed by atoms with Crippen molar-refractivity contribution < 1.29 is 14.3 Å². The highest BCUT2D eigenvalue weighted by Crippen LogP contribution is 2.42. The summed E-state index contributed by atoms with van der Waals surface area (Å²) in [7, 11) is 0. The molecule has 0 radical (unpaired) electrons. The van der Waals surface area contributed by atoms with Gasteiger partial charge in [0, 0.05) is 10.7 Å². The van der Waals surface area contributed by atoms with Crippen molar-refractivity contribution in [2.75, 3.05) is 11.9 Å². The largest absolute Gasteiger partial charge is 0.455 e. The second-order valence-electron chi connectivity index (χ2n) is 7.85. The highest BCUT2D eigenvalue weighted by Gasteiger charge is 2.44. The number of nitrogens with one attached hydrogen (secondary N) is 1. The molecule has 1 fully saturated rings. The van der Waals surface area contributed by atoms with Crippen molar-refractivity contribution in [3.63, 3.8) is 0 Å². The number of halogens is 1. The van der Waals surface area contributed by atoms with Crippen molar-refractivity contribution in [2.24, 2.45) is 0 Å². The first kappa shape index (κ1) is 21.4. The number of anilines is 1. The maximum atomic E-state index is 12.9. The molecule has 4 nitrogen and oxygen atoms in total. The lowest BCUT2D eigenvalue weighted by Crippen LogP contribution is -2.36. The second kappa shape index (κ2) is 9.45. The molecule has 29 heavy (non-hydrogen) atoms. The minimum absolute atomic E-state index is 0.290. The van der Waals surface area contributed by atoms with Gasteiger partial charge in [-0.15, -0.1) is 0 Å². The molecular formula is C24H28ClNO3. The van der Waals surface area contributed by atoms with E-state index in [1.807, 2.05) is 36.4 Å². The molecule has 2 aromatic carbocycles. The number of benzene rings is 2. The van der Waals surface area contributed by atoms with Gasteiger partial charge in [0.1, 0.15) is 0 Å². The van der Waals surface area contributed by atoms with Crippen molar-refractivity contribution in [3.05, 3.63) is 64.7 Å². The molecule has 1 amide bonds. The molecule has 0 heterocycles. The number of carbonyl (C=O) groups is 2. The fourth-order valence-corrected chi connectivity index (χ4v) is 4.08. The Morgan fingerprint density at radius 2 is 1.69 bits per heavy atom. The minimum Gasteiger partial charge on any atom is -0.455 e. The summed E-state index contributed by atoms with van der Waals surface area (Å²) in [5.41, 5.74) is 2.17. The van der Waals surface area contributed by atoms with Gasteiger partial charge in [-0.05, 0) is 60.6 Å². The molecule has 1 atom stereocenters. The monoisotopic (exact) mass is 413 g/mol. The first-order valence-electron chi connectivity index (χ1n) is 10.3. The lowest BCUT2D eigenvalue weighted by atomic mass is 9.79. The van der Waals surface area contributed by atoms with Crippen LogP contribution in [0.3, 0.4) is 0 Å². The Labute approximate surface area is 177 Å². The van der Waals surface area contributed by atoms with Crippen LogP contribution < -0.4 is 5.32 Å². The van der Waals surface area contributed by atoms with Gasteiger partial charge in [-0.3, -0.25) is 9.59 Å². The zero-order valence-electron chi connectivity index (χ0n) is 17.0. The van der Waals surface area contributed by atoms with Gasteiger partial charge in [0.25, 0.3) is 5.91 Å². The van der Waals surface area contributed by atoms with Crippen molar-refractivity contribution in [3.8, 4) is 0 Å². The fourth-order valence-electron chi connectivity index (χ4n) is 3.96. The second-order valence-corrected chi connectivity index (χ2v) is 8.29. The van der Waals surface area contributed by atoms with Gasteiger partial charge in [0.05, 0.1) is 5.41 Å². The molecule has 1 saturated carbocycles. The predicted octanol–water partition coefficient (Wildman–Crippen LogP) is 5.85. The molecule has 1 N–H and O–H groups in total. The summed E-state index contributed by atoms with van der Waals surface area (Å²) in [5, 5.41) is 3.43. The number of amides is 1. The Bertz CT molecular complexity index is 839. The van der Waals surface area contributed by atoms with Gasteiger partial charge in [-0.25, -0.2) is 0 Å². The van der Waals surface area contributed by atoms with Crippen LogP contribution in [0.15, 0.2) is 48.5 Å². The maximum Gasteiger partial charge on any atom is 0.317 e. The van der Waals surface area contributed by atoms with Crippen LogP contribution >= 0.6 is 11.6 Å². The summed E-state index contributed by atoms with van der Waals surface area (Å²) in [6, 6.07) is 15.1. The van der Waals surface area contributed by atoms with E-state index in [4.69, 9.17) is 16.3 Å². The highest BCUT2D eigenvalue weighted by atomic mass is 35.5. The van der Waals surface area contributed by atoms with Gasteiger partial charge in [-0.1, -0.05) is 62.6 Å². The lowest BCUT2D eigenvalue weighted by molar-refractivity contribution is -0.153. The van der Waals surface area contributed by atoms with E-state index in [0.29, 0.717) is 16.6 Å². The van der Waals surface area contributed by atoms with Crippen LogP contribution in [0.25, 0.3) is 0 Å². The zero-order chi connectivity index (χ0) is 20.9. The molecule has 0 unspecified atom stereocenters. The summed E-state index contributed by atoms with van der Waals surface area (Å²) in [6.45, 7) is 4.03. The summed E-state index contributed by atoms with van der Waals surface area (Å²) < 4.78 is 5.44. The van der Waals surface area contributed by atoms with E-state index in [0.717, 1.165) is 37.7 Å². The van der Waals surface area contributed by atoms with Gasteiger partial charge in [-0.2, -0.15) is 0 Å². The van der Waals surface area contributed by atoms with Crippen LogP contribution in [0.4, 0.5) is 5.69 Å². The quantitative estimate of drug-likeness (QED) is 0.579. The zero-order valence-corrected chi connectivity index (χ0v) is 17.8. The first-order chi connectivity index (χ1) is 13.9. The van der Waals surface area contributed by atoms with E-state index in [2.05, 4.69) is 19.2 Å². The smallest absolute Gasteiger partial charge is 0.317 e. The Balaban J connectivity index is 1.60. The lowest BCUT2D eigenvalue weighted by Gasteiger charge is -2.27. The molecule has 1 aliphatic rings. The number of hydrogen-bond donors (Lipinski definition) is 1. The number of hydrogen-bond acceptors (Lipinski definition) is 3. The molecule has 2 aromatic rings. The molecular weight excluding hydrogens is 386 g/mol. The highest BCUT2D eigenvalue weighted by molar-refractivity contribution is 6.30. The van der Waals surface area contributed by atoms with Crippen molar-refractivity contribution in [1.29, 1.82) is 0 Å². The Kier molecular flexibility index (Phi) is 6.96. The van der Waals surface area contributed by atoms with Crippen molar-refractivity contribution in [1.82, 2.24) is 0 Å².